The van der Waals surface area contributed by atoms with Crippen molar-refractivity contribution in [2.75, 3.05) is 19.7 Å². The fourth-order valence-electron chi connectivity index (χ4n) is 1.76. The topological polar surface area (TPSA) is 152 Å². The minimum Gasteiger partial charge on any atom is -0.480 e. The fraction of sp³-hybridized carbons (Fsp3) is 0.684. The lowest BCUT2D eigenvalue weighted by molar-refractivity contribution is -0.162. The standard InChI is InChI=1S/C11H20N2O4.C8H13NO4/c1-5-6-12-7-8(9(14)15)13-10(16)17-11(2,3)4;1-8(2,3)13-7(11)9-5-4-12-6(5)10/h5,8,12H,1,6-7H2,2-4H3,(H,13,16)(H,14,15);5H,4H2,1-3H3,(H,9,11)/t8-;5-/m00/s1. The largest absolute Gasteiger partial charge is 0.480 e. The first-order valence-electron chi connectivity index (χ1n) is 9.34. The molecule has 0 aromatic rings. The summed E-state index contributed by atoms with van der Waals surface area (Å²) in [5, 5.41) is 16.4. The second kappa shape index (κ2) is 12.0. The zero-order chi connectivity index (χ0) is 23.5. The lowest BCUT2D eigenvalue weighted by Crippen LogP contribution is -2.53. The quantitative estimate of drug-likeness (QED) is 0.201. The second-order valence-electron chi connectivity index (χ2n) is 8.31. The molecule has 0 spiro atoms. The van der Waals surface area contributed by atoms with Gasteiger partial charge in [0.25, 0.3) is 0 Å². The molecule has 2 atom stereocenters. The van der Waals surface area contributed by atoms with E-state index in [2.05, 4.69) is 27.3 Å². The smallest absolute Gasteiger partial charge is 0.408 e. The molecule has 2 amide bonds. The molecule has 0 aromatic heterocycles. The molecule has 0 saturated carbocycles. The Hall–Kier alpha value is -2.82. The molecule has 1 saturated heterocycles. The van der Waals surface area contributed by atoms with Gasteiger partial charge in [0.1, 0.15) is 23.9 Å². The molecule has 1 rings (SSSR count). The normalized spacial score (nSPS) is 16.5. The summed E-state index contributed by atoms with van der Waals surface area (Å²) in [5.74, 6) is -1.53. The molecule has 0 radical (unpaired) electrons. The van der Waals surface area contributed by atoms with Crippen molar-refractivity contribution in [2.45, 2.75) is 64.8 Å². The first-order chi connectivity index (χ1) is 13.6. The summed E-state index contributed by atoms with van der Waals surface area (Å²) < 4.78 is 14.4. The van der Waals surface area contributed by atoms with Gasteiger partial charge in [-0.15, -0.1) is 6.58 Å². The Morgan fingerprint density at radius 3 is 2.07 bits per heavy atom. The van der Waals surface area contributed by atoms with Gasteiger partial charge in [-0.05, 0) is 41.5 Å². The van der Waals surface area contributed by atoms with Crippen LogP contribution in [0.2, 0.25) is 0 Å². The molecule has 0 bridgehead atoms. The van der Waals surface area contributed by atoms with Crippen molar-refractivity contribution in [1.82, 2.24) is 16.0 Å². The van der Waals surface area contributed by atoms with E-state index >= 15 is 0 Å². The Bertz CT molecular complexity index is 622. The van der Waals surface area contributed by atoms with Crippen LogP contribution in [-0.4, -0.2) is 72.2 Å². The molecule has 11 heteroatoms. The molecule has 1 aliphatic rings. The van der Waals surface area contributed by atoms with E-state index in [0.717, 1.165) is 0 Å². The molecule has 30 heavy (non-hydrogen) atoms. The molecule has 1 fully saturated rings. The van der Waals surface area contributed by atoms with E-state index in [1.54, 1.807) is 47.6 Å². The molecular weight excluding hydrogens is 398 g/mol. The molecule has 1 aliphatic heterocycles. The van der Waals surface area contributed by atoms with E-state index in [4.69, 9.17) is 14.6 Å². The van der Waals surface area contributed by atoms with Crippen LogP contribution in [0.25, 0.3) is 0 Å². The Labute approximate surface area is 176 Å². The van der Waals surface area contributed by atoms with Gasteiger partial charge >= 0.3 is 24.1 Å². The number of alkyl carbamates (subject to hydrolysis) is 2. The highest BCUT2D eigenvalue weighted by Gasteiger charge is 2.33. The van der Waals surface area contributed by atoms with Crippen LogP contribution in [0.4, 0.5) is 9.59 Å². The average Bonchev–Trinajstić information content (AvgIpc) is 2.55. The SMILES string of the molecule is C=CCNC[C@H](NC(=O)OC(C)(C)C)C(=O)O.CC(C)(C)OC(=O)N[C@H]1COC1=O. The summed E-state index contributed by atoms with van der Waals surface area (Å²) in [6, 6.07) is -1.56. The third-order valence-electron chi connectivity index (χ3n) is 2.99. The number of esters is 1. The van der Waals surface area contributed by atoms with Crippen molar-refractivity contribution in [3.05, 3.63) is 12.7 Å². The third-order valence-corrected chi connectivity index (χ3v) is 2.99. The number of carboxylic acid groups (broad SMARTS) is 1. The van der Waals surface area contributed by atoms with E-state index < -0.39 is 47.4 Å². The van der Waals surface area contributed by atoms with Gasteiger partial charge in [0.15, 0.2) is 6.04 Å². The highest BCUT2D eigenvalue weighted by Crippen LogP contribution is 2.09. The van der Waals surface area contributed by atoms with Gasteiger partial charge in [-0.3, -0.25) is 0 Å². The van der Waals surface area contributed by atoms with E-state index in [0.29, 0.717) is 6.54 Å². The predicted octanol–water partition coefficient (Wildman–Crippen LogP) is 1.18. The Morgan fingerprint density at radius 1 is 1.17 bits per heavy atom. The minimum absolute atomic E-state index is 0.112. The number of cyclic esters (lactones) is 1. The number of carbonyl (C=O) groups is 4. The van der Waals surface area contributed by atoms with Crippen LogP contribution >= 0.6 is 0 Å². The zero-order valence-corrected chi connectivity index (χ0v) is 18.4. The van der Waals surface area contributed by atoms with Gasteiger partial charge in [0.2, 0.25) is 0 Å². The summed E-state index contributed by atoms with van der Waals surface area (Å²) in [6.07, 6.45) is 0.270. The number of amides is 2. The van der Waals surface area contributed by atoms with Crippen molar-refractivity contribution in [1.29, 1.82) is 0 Å². The monoisotopic (exact) mass is 431 g/mol. The van der Waals surface area contributed by atoms with Crippen LogP contribution in [0.1, 0.15) is 41.5 Å². The summed E-state index contributed by atoms with van der Waals surface area (Å²) in [6.45, 7) is 14.7. The van der Waals surface area contributed by atoms with Crippen LogP contribution in [0.5, 0.6) is 0 Å². The van der Waals surface area contributed by atoms with E-state index in [-0.39, 0.29) is 13.2 Å². The van der Waals surface area contributed by atoms with Crippen LogP contribution in [0.3, 0.4) is 0 Å². The molecule has 4 N–H and O–H groups in total. The number of carbonyl (C=O) groups excluding carboxylic acids is 3. The number of ether oxygens (including phenoxy) is 3. The van der Waals surface area contributed by atoms with Crippen molar-refractivity contribution in [3.8, 4) is 0 Å². The maximum atomic E-state index is 11.4. The number of hydrogen-bond acceptors (Lipinski definition) is 8. The van der Waals surface area contributed by atoms with E-state index in [1.165, 1.54) is 0 Å². The number of hydrogen-bond donors (Lipinski definition) is 4. The fourth-order valence-corrected chi connectivity index (χ4v) is 1.76. The lowest BCUT2D eigenvalue weighted by atomic mass is 10.2. The van der Waals surface area contributed by atoms with Gasteiger partial charge in [0, 0.05) is 13.1 Å². The Kier molecular flexibility index (Phi) is 10.9. The van der Waals surface area contributed by atoms with Crippen molar-refractivity contribution < 1.29 is 38.5 Å². The maximum Gasteiger partial charge on any atom is 0.408 e. The molecular formula is C19H33N3O8. The predicted molar refractivity (Wildman–Crippen MR) is 108 cm³/mol. The van der Waals surface area contributed by atoms with Crippen LogP contribution in [0, 0.1) is 0 Å². The van der Waals surface area contributed by atoms with Crippen LogP contribution in [0.15, 0.2) is 12.7 Å². The zero-order valence-electron chi connectivity index (χ0n) is 18.4. The number of carboxylic acids is 1. The van der Waals surface area contributed by atoms with E-state index in [9.17, 15) is 19.2 Å². The van der Waals surface area contributed by atoms with Crippen LogP contribution in [-0.2, 0) is 23.8 Å². The first-order valence-corrected chi connectivity index (χ1v) is 9.34. The lowest BCUT2D eigenvalue weighted by Gasteiger charge is -2.27. The molecule has 0 aliphatic carbocycles. The average molecular weight is 431 g/mol. The van der Waals surface area contributed by atoms with Crippen LogP contribution < -0.4 is 16.0 Å². The Balaban J connectivity index is 0.000000579. The van der Waals surface area contributed by atoms with Gasteiger partial charge in [0.05, 0.1) is 0 Å². The van der Waals surface area contributed by atoms with Gasteiger partial charge < -0.3 is 35.3 Å². The highest BCUT2D eigenvalue weighted by atomic mass is 16.6. The number of rotatable bonds is 7. The molecule has 0 unspecified atom stereocenters. The summed E-state index contributed by atoms with van der Waals surface area (Å²) >= 11 is 0. The maximum absolute atomic E-state index is 11.4. The summed E-state index contributed by atoms with van der Waals surface area (Å²) in [7, 11) is 0. The molecule has 0 aromatic carbocycles. The van der Waals surface area contributed by atoms with Gasteiger partial charge in [-0.1, -0.05) is 6.08 Å². The van der Waals surface area contributed by atoms with Crippen molar-refractivity contribution >= 4 is 24.1 Å². The minimum atomic E-state index is -1.12. The highest BCUT2D eigenvalue weighted by molar-refractivity contribution is 5.85. The molecule has 1 heterocycles. The summed E-state index contributed by atoms with van der Waals surface area (Å²) in [4.78, 5) is 43.9. The first kappa shape index (κ1) is 27.2. The van der Waals surface area contributed by atoms with E-state index in [1.807, 2.05) is 0 Å². The Morgan fingerprint density at radius 2 is 1.70 bits per heavy atom. The second-order valence-corrected chi connectivity index (χ2v) is 8.31. The third kappa shape index (κ3) is 13.4. The number of aliphatic carboxylic acids is 1. The van der Waals surface area contributed by atoms with Crippen molar-refractivity contribution in [2.24, 2.45) is 0 Å². The molecule has 172 valence electrons. The molecule has 11 nitrogen and oxygen atoms in total. The number of nitrogens with one attached hydrogen (secondary N) is 3. The van der Waals surface area contributed by atoms with Crippen molar-refractivity contribution in [3.63, 3.8) is 0 Å². The van der Waals surface area contributed by atoms with Gasteiger partial charge in [-0.25, -0.2) is 19.2 Å². The summed E-state index contributed by atoms with van der Waals surface area (Å²) in [5.41, 5.74) is -1.20. The van der Waals surface area contributed by atoms with Gasteiger partial charge in [-0.2, -0.15) is 0 Å².